The molecule has 0 aliphatic carbocycles. The average molecular weight is 536 g/mol. The van der Waals surface area contributed by atoms with Crippen LogP contribution < -0.4 is 10.2 Å². The van der Waals surface area contributed by atoms with Crippen LogP contribution in [0.1, 0.15) is 43.0 Å². The standard InChI is InChI=1S/C26H31F2N3O3S2/c1-34-19-4-5-22-20(15-19)24(18(16-27)17-29-22)21(28)6-7-26(25(32)30-33)8-10-31(11-9-26)12-14-36-23-3-2-13-35-23/h2-5,13,15,17,21,33H,6-12,14,16H2,1H3,(H,30,32). The minimum atomic E-state index is -1.49. The molecule has 3 aromatic rings. The molecule has 0 saturated carbocycles. The number of aromatic nitrogens is 1. The van der Waals surface area contributed by atoms with E-state index in [4.69, 9.17) is 4.74 Å². The van der Waals surface area contributed by atoms with Crippen LogP contribution in [0.3, 0.4) is 0 Å². The molecule has 2 N–H and O–H groups in total. The number of amides is 1. The van der Waals surface area contributed by atoms with E-state index in [0.717, 1.165) is 12.3 Å². The van der Waals surface area contributed by atoms with Gasteiger partial charge in [-0.15, -0.1) is 23.1 Å². The van der Waals surface area contributed by atoms with Crippen LogP contribution in [-0.4, -0.2) is 53.5 Å². The first kappa shape index (κ1) is 26.8. The van der Waals surface area contributed by atoms with E-state index in [2.05, 4.69) is 21.3 Å². The van der Waals surface area contributed by atoms with Crippen molar-refractivity contribution in [1.29, 1.82) is 0 Å². The van der Waals surface area contributed by atoms with Gasteiger partial charge in [-0.25, -0.2) is 14.3 Å². The van der Waals surface area contributed by atoms with Gasteiger partial charge in [-0.1, -0.05) is 6.07 Å². The van der Waals surface area contributed by atoms with Gasteiger partial charge in [0.15, 0.2) is 0 Å². The molecule has 1 fully saturated rings. The first-order valence-electron chi connectivity index (χ1n) is 12.0. The van der Waals surface area contributed by atoms with Crippen LogP contribution in [0, 0.1) is 5.41 Å². The second kappa shape index (κ2) is 12.3. The molecular weight excluding hydrogens is 504 g/mol. The Morgan fingerprint density at radius 2 is 2.17 bits per heavy atom. The summed E-state index contributed by atoms with van der Waals surface area (Å²) in [5.41, 5.74) is 1.95. The van der Waals surface area contributed by atoms with Crippen molar-refractivity contribution in [1.82, 2.24) is 15.4 Å². The Hall–Kier alpha value is -2.27. The first-order chi connectivity index (χ1) is 17.5. The van der Waals surface area contributed by atoms with Gasteiger partial charge in [-0.05, 0) is 68.4 Å². The maximum atomic E-state index is 15.8. The number of halogens is 2. The molecule has 4 rings (SSSR count). The van der Waals surface area contributed by atoms with Crippen LogP contribution in [0.4, 0.5) is 8.78 Å². The van der Waals surface area contributed by atoms with Crippen molar-refractivity contribution in [3.8, 4) is 5.75 Å². The molecule has 1 aliphatic heterocycles. The molecule has 0 radical (unpaired) electrons. The van der Waals surface area contributed by atoms with E-state index in [9.17, 15) is 14.4 Å². The van der Waals surface area contributed by atoms with Crippen LogP contribution in [0.5, 0.6) is 5.75 Å². The number of benzene rings is 1. The Labute approximate surface area is 218 Å². The fraction of sp³-hybridized carbons (Fsp3) is 0.462. The first-order valence-corrected chi connectivity index (χ1v) is 13.8. The number of piperidine rings is 1. The van der Waals surface area contributed by atoms with Crippen LogP contribution in [0.2, 0.25) is 0 Å². The summed E-state index contributed by atoms with van der Waals surface area (Å²) in [4.78, 5) is 19.3. The lowest BCUT2D eigenvalue weighted by atomic mass is 9.73. The van der Waals surface area contributed by atoms with E-state index >= 15 is 4.39 Å². The van der Waals surface area contributed by atoms with Crippen molar-refractivity contribution in [2.45, 2.75) is 42.7 Å². The van der Waals surface area contributed by atoms with E-state index < -0.39 is 24.2 Å². The molecule has 3 heterocycles. The molecule has 2 aromatic heterocycles. The number of carbonyl (C=O) groups is 1. The van der Waals surface area contributed by atoms with Gasteiger partial charge >= 0.3 is 0 Å². The van der Waals surface area contributed by atoms with Gasteiger partial charge < -0.3 is 9.64 Å². The van der Waals surface area contributed by atoms with Crippen molar-refractivity contribution in [2.24, 2.45) is 5.41 Å². The molecule has 10 heteroatoms. The van der Waals surface area contributed by atoms with Crippen molar-refractivity contribution >= 4 is 39.9 Å². The lowest BCUT2D eigenvalue weighted by Crippen LogP contribution is -2.48. The number of rotatable bonds is 11. The molecule has 1 aliphatic rings. The highest BCUT2D eigenvalue weighted by Gasteiger charge is 2.41. The smallest absolute Gasteiger partial charge is 0.249 e. The van der Waals surface area contributed by atoms with E-state index in [1.165, 1.54) is 17.5 Å². The summed E-state index contributed by atoms with van der Waals surface area (Å²) in [6.45, 7) is 1.45. The number of methoxy groups -OCH3 is 1. The second-order valence-electron chi connectivity index (χ2n) is 9.06. The molecular formula is C26H31F2N3O3S2. The molecule has 1 unspecified atom stereocenters. The zero-order chi connectivity index (χ0) is 25.5. The topological polar surface area (TPSA) is 74.7 Å². The Bertz CT molecular complexity index is 1150. The van der Waals surface area contributed by atoms with Crippen molar-refractivity contribution in [3.63, 3.8) is 0 Å². The van der Waals surface area contributed by atoms with Crippen LogP contribution >= 0.6 is 23.1 Å². The zero-order valence-electron chi connectivity index (χ0n) is 20.2. The molecule has 1 saturated heterocycles. The van der Waals surface area contributed by atoms with E-state index in [0.29, 0.717) is 42.6 Å². The number of carbonyl (C=O) groups excluding carboxylic acids is 1. The van der Waals surface area contributed by atoms with Gasteiger partial charge in [0.25, 0.3) is 0 Å². The minimum Gasteiger partial charge on any atom is -0.497 e. The van der Waals surface area contributed by atoms with Gasteiger partial charge in [0.05, 0.1) is 22.3 Å². The average Bonchev–Trinajstić information content (AvgIpc) is 3.44. The third-order valence-electron chi connectivity index (χ3n) is 7.08. The van der Waals surface area contributed by atoms with E-state index in [1.807, 2.05) is 23.3 Å². The number of hydroxylamine groups is 1. The summed E-state index contributed by atoms with van der Waals surface area (Å²) in [6, 6.07) is 9.27. The maximum absolute atomic E-state index is 15.8. The predicted molar refractivity (Wildman–Crippen MR) is 139 cm³/mol. The molecule has 0 spiro atoms. The van der Waals surface area contributed by atoms with Crippen molar-refractivity contribution in [3.05, 3.63) is 53.0 Å². The summed E-state index contributed by atoms with van der Waals surface area (Å²) < 4.78 is 36.1. The lowest BCUT2D eigenvalue weighted by Gasteiger charge is -2.40. The second-order valence-corrected chi connectivity index (χ2v) is 11.4. The normalized spacial score (nSPS) is 16.7. The molecule has 194 valence electrons. The fourth-order valence-corrected chi connectivity index (χ4v) is 6.78. The summed E-state index contributed by atoms with van der Waals surface area (Å²) in [7, 11) is 1.52. The van der Waals surface area contributed by atoms with Gasteiger partial charge in [0.1, 0.15) is 18.6 Å². The zero-order valence-corrected chi connectivity index (χ0v) is 21.8. The number of fused-ring (bicyclic) bond motifs is 1. The van der Waals surface area contributed by atoms with E-state index in [1.54, 1.807) is 29.5 Å². The number of hydrogen-bond donors (Lipinski definition) is 2. The molecule has 6 nitrogen and oxygen atoms in total. The molecule has 1 atom stereocenters. The number of likely N-dealkylation sites (tertiary alicyclic amines) is 1. The molecule has 36 heavy (non-hydrogen) atoms. The summed E-state index contributed by atoms with van der Waals surface area (Å²) >= 11 is 3.54. The minimum absolute atomic E-state index is 0.0327. The number of nitrogens with zero attached hydrogens (tertiary/aromatic N) is 2. The highest BCUT2D eigenvalue weighted by Crippen LogP contribution is 2.41. The molecule has 0 bridgehead atoms. The Kier molecular flexibility index (Phi) is 9.16. The molecule has 1 aromatic carbocycles. The predicted octanol–water partition coefficient (Wildman–Crippen LogP) is 5.95. The molecule has 1 amide bonds. The largest absolute Gasteiger partial charge is 0.497 e. The Balaban J connectivity index is 1.44. The van der Waals surface area contributed by atoms with Crippen LogP contribution in [0.25, 0.3) is 10.9 Å². The quantitative estimate of drug-likeness (QED) is 0.180. The summed E-state index contributed by atoms with van der Waals surface area (Å²) in [5, 5.41) is 12.0. The van der Waals surface area contributed by atoms with Crippen LogP contribution in [0.15, 0.2) is 46.1 Å². The number of nitrogens with one attached hydrogen (secondary N) is 1. The fourth-order valence-electron chi connectivity index (χ4n) is 4.92. The van der Waals surface area contributed by atoms with E-state index in [-0.39, 0.29) is 24.0 Å². The highest BCUT2D eigenvalue weighted by atomic mass is 32.2. The number of thiophene rings is 1. The van der Waals surface area contributed by atoms with Gasteiger partial charge in [-0.2, -0.15) is 0 Å². The number of alkyl halides is 2. The van der Waals surface area contributed by atoms with Crippen LogP contribution in [-0.2, 0) is 11.5 Å². The monoisotopic (exact) mass is 535 g/mol. The third-order valence-corrected chi connectivity index (χ3v) is 9.19. The van der Waals surface area contributed by atoms with Gasteiger partial charge in [0, 0.05) is 35.0 Å². The Morgan fingerprint density at radius 3 is 2.83 bits per heavy atom. The Morgan fingerprint density at radius 1 is 1.36 bits per heavy atom. The number of hydrogen-bond acceptors (Lipinski definition) is 7. The van der Waals surface area contributed by atoms with Gasteiger partial charge in [0.2, 0.25) is 5.91 Å². The summed E-state index contributed by atoms with van der Waals surface area (Å²) in [5.74, 6) is 1.01. The third kappa shape index (κ3) is 5.99. The van der Waals surface area contributed by atoms with Gasteiger partial charge in [-0.3, -0.25) is 15.0 Å². The summed E-state index contributed by atoms with van der Waals surface area (Å²) in [6.07, 6.45) is 1.22. The SMILES string of the molecule is COc1ccc2ncc(CF)c(C(F)CCC3(C(=O)NO)CCN(CCSc4cccs4)CC3)c2c1. The number of thioether (sulfide) groups is 1. The maximum Gasteiger partial charge on any atom is 0.249 e. The van der Waals surface area contributed by atoms with Crippen molar-refractivity contribution < 1.29 is 23.5 Å². The lowest BCUT2D eigenvalue weighted by molar-refractivity contribution is -0.143. The number of pyridine rings is 1. The van der Waals surface area contributed by atoms with Crippen molar-refractivity contribution in [2.75, 3.05) is 32.5 Å². The number of ether oxygens (including phenoxy) is 1. The highest BCUT2D eigenvalue weighted by molar-refractivity contribution is 8.01.